The lowest BCUT2D eigenvalue weighted by Gasteiger charge is -2.12. The van der Waals surface area contributed by atoms with Gasteiger partial charge in [0, 0.05) is 17.3 Å². The maximum atomic E-state index is 14.4. The fourth-order valence-corrected chi connectivity index (χ4v) is 3.16. The van der Waals surface area contributed by atoms with E-state index in [2.05, 4.69) is 4.98 Å². The number of aromatic nitrogens is 1. The predicted molar refractivity (Wildman–Crippen MR) is 95.9 cm³/mol. The van der Waals surface area contributed by atoms with Crippen molar-refractivity contribution in [1.82, 2.24) is 4.98 Å². The Morgan fingerprint density at radius 3 is 2.40 bits per heavy atom. The first kappa shape index (κ1) is 17.3. The van der Waals surface area contributed by atoms with E-state index in [0.717, 1.165) is 34.4 Å². The summed E-state index contributed by atoms with van der Waals surface area (Å²) in [6.45, 7) is 4.01. The van der Waals surface area contributed by atoms with E-state index in [1.165, 1.54) is 6.07 Å². The Bertz CT molecular complexity index is 1060. The average molecular weight is 356 g/mol. The molecule has 6 heteroatoms. The molecule has 0 saturated heterocycles. The van der Waals surface area contributed by atoms with Gasteiger partial charge in [-0.05, 0) is 54.8 Å². The van der Waals surface area contributed by atoms with Crippen LogP contribution in [0.3, 0.4) is 0 Å². The highest BCUT2D eigenvalue weighted by atomic mass is 32.2. The van der Waals surface area contributed by atoms with Crippen LogP contribution < -0.4 is 5.14 Å². The number of sulfonamides is 1. The molecule has 0 unspecified atom stereocenters. The third-order valence-electron chi connectivity index (χ3n) is 4.15. The quantitative estimate of drug-likeness (QED) is 0.775. The molecule has 0 saturated carbocycles. The van der Waals surface area contributed by atoms with Crippen LogP contribution in [0.15, 0.2) is 59.6 Å². The smallest absolute Gasteiger partial charge is 0.238 e. The summed E-state index contributed by atoms with van der Waals surface area (Å²) < 4.78 is 37.6. The zero-order chi connectivity index (χ0) is 18.2. The van der Waals surface area contributed by atoms with Crippen molar-refractivity contribution >= 4 is 10.0 Å². The minimum Gasteiger partial charge on any atom is -0.255 e. The lowest BCUT2D eigenvalue weighted by atomic mass is 9.96. The fourth-order valence-electron chi connectivity index (χ4n) is 2.62. The fraction of sp³-hybridized carbons (Fsp3) is 0.105. The Morgan fingerprint density at radius 1 is 0.960 bits per heavy atom. The first-order valence-corrected chi connectivity index (χ1v) is 9.17. The summed E-state index contributed by atoms with van der Waals surface area (Å²) in [6.07, 6.45) is 1.54. The lowest BCUT2D eigenvalue weighted by Crippen LogP contribution is -2.12. The van der Waals surface area contributed by atoms with Crippen molar-refractivity contribution in [1.29, 1.82) is 0 Å². The Kier molecular flexibility index (Phi) is 4.41. The number of hydrogen-bond acceptors (Lipinski definition) is 3. The molecular formula is C19H17FN2O2S. The number of rotatable bonds is 3. The van der Waals surface area contributed by atoms with E-state index in [0.29, 0.717) is 5.69 Å². The molecule has 0 aliphatic carbocycles. The van der Waals surface area contributed by atoms with E-state index in [1.54, 1.807) is 12.3 Å². The van der Waals surface area contributed by atoms with Gasteiger partial charge in [0.25, 0.3) is 0 Å². The van der Waals surface area contributed by atoms with Crippen molar-refractivity contribution in [3.63, 3.8) is 0 Å². The van der Waals surface area contributed by atoms with Crippen molar-refractivity contribution in [3.05, 3.63) is 71.7 Å². The number of halogens is 1. The molecule has 1 heterocycles. The van der Waals surface area contributed by atoms with Crippen molar-refractivity contribution in [2.24, 2.45) is 5.14 Å². The first-order valence-electron chi connectivity index (χ1n) is 7.63. The van der Waals surface area contributed by atoms with E-state index in [1.807, 2.05) is 38.1 Å². The van der Waals surface area contributed by atoms with E-state index in [-0.39, 0.29) is 10.5 Å². The molecule has 0 aliphatic heterocycles. The average Bonchev–Trinajstić information content (AvgIpc) is 2.57. The summed E-state index contributed by atoms with van der Waals surface area (Å²) in [7, 11) is -3.93. The zero-order valence-electron chi connectivity index (χ0n) is 13.8. The summed E-state index contributed by atoms with van der Waals surface area (Å²) in [5.41, 5.74) is 4.32. The summed E-state index contributed by atoms with van der Waals surface area (Å²) in [5.74, 6) is -0.559. The number of hydrogen-bond donors (Lipinski definition) is 1. The Labute approximate surface area is 146 Å². The molecule has 4 nitrogen and oxygen atoms in total. The summed E-state index contributed by atoms with van der Waals surface area (Å²) in [4.78, 5) is 4.13. The number of primary sulfonamides is 1. The highest BCUT2D eigenvalue weighted by molar-refractivity contribution is 7.89. The van der Waals surface area contributed by atoms with Crippen LogP contribution in [-0.4, -0.2) is 13.4 Å². The van der Waals surface area contributed by atoms with E-state index < -0.39 is 15.8 Å². The van der Waals surface area contributed by atoms with Gasteiger partial charge in [0.2, 0.25) is 10.0 Å². The summed E-state index contributed by atoms with van der Waals surface area (Å²) in [5, 5.41) is 5.17. The van der Waals surface area contributed by atoms with Crippen LogP contribution in [0.4, 0.5) is 4.39 Å². The van der Waals surface area contributed by atoms with Gasteiger partial charge in [-0.3, -0.25) is 4.98 Å². The molecule has 0 fully saturated rings. The van der Waals surface area contributed by atoms with Gasteiger partial charge < -0.3 is 0 Å². The first-order chi connectivity index (χ1) is 11.8. The normalized spacial score (nSPS) is 11.5. The third kappa shape index (κ3) is 3.45. The van der Waals surface area contributed by atoms with Crippen LogP contribution in [-0.2, 0) is 10.0 Å². The highest BCUT2D eigenvalue weighted by Gasteiger charge is 2.17. The van der Waals surface area contributed by atoms with Crippen LogP contribution in [0.1, 0.15) is 11.1 Å². The Hall–Kier alpha value is -2.57. The molecule has 0 amide bonds. The zero-order valence-corrected chi connectivity index (χ0v) is 14.6. The molecule has 2 aromatic carbocycles. The van der Waals surface area contributed by atoms with Crippen LogP contribution in [0.2, 0.25) is 0 Å². The molecular weight excluding hydrogens is 339 g/mol. The summed E-state index contributed by atoms with van der Waals surface area (Å²) in [6, 6.07) is 13.0. The third-order valence-corrected chi connectivity index (χ3v) is 5.06. The maximum absolute atomic E-state index is 14.4. The molecule has 25 heavy (non-hydrogen) atoms. The highest BCUT2D eigenvalue weighted by Crippen LogP contribution is 2.33. The number of pyridine rings is 1. The molecule has 2 N–H and O–H groups in total. The molecule has 3 rings (SSSR count). The van der Waals surface area contributed by atoms with Gasteiger partial charge in [0.05, 0.1) is 10.6 Å². The molecule has 128 valence electrons. The number of nitrogens with two attached hydrogens (primary N) is 1. The van der Waals surface area contributed by atoms with Gasteiger partial charge in [-0.25, -0.2) is 17.9 Å². The van der Waals surface area contributed by atoms with Gasteiger partial charge in [0.15, 0.2) is 0 Å². The van der Waals surface area contributed by atoms with Crippen LogP contribution in [0, 0.1) is 19.7 Å². The largest absolute Gasteiger partial charge is 0.255 e. The van der Waals surface area contributed by atoms with Gasteiger partial charge in [0.1, 0.15) is 5.82 Å². The Balaban J connectivity index is 2.25. The SMILES string of the molecule is Cc1ccc(-c2cccnc2-c2cc(S(N)(=O)=O)ccc2F)cc1C. The van der Waals surface area contributed by atoms with Gasteiger partial charge in [-0.2, -0.15) is 0 Å². The topological polar surface area (TPSA) is 73.0 Å². The predicted octanol–water partition coefficient (Wildman–Crippen LogP) is 3.82. The lowest BCUT2D eigenvalue weighted by molar-refractivity contribution is 0.596. The van der Waals surface area contributed by atoms with Crippen LogP contribution in [0.5, 0.6) is 0 Å². The van der Waals surface area contributed by atoms with Crippen LogP contribution >= 0.6 is 0 Å². The second-order valence-corrected chi connectivity index (χ2v) is 7.45. The van der Waals surface area contributed by atoms with Crippen molar-refractivity contribution in [2.45, 2.75) is 18.7 Å². The standard InChI is InChI=1S/C19H17FN2O2S/c1-12-5-6-14(10-13(12)2)16-4-3-9-22-19(16)17-11-15(25(21,23)24)7-8-18(17)20/h3-11H,1-2H3,(H2,21,23,24). The van der Waals surface area contributed by atoms with Crippen molar-refractivity contribution < 1.29 is 12.8 Å². The number of aryl methyl sites for hydroxylation is 2. The van der Waals surface area contributed by atoms with Crippen molar-refractivity contribution in [3.8, 4) is 22.4 Å². The van der Waals surface area contributed by atoms with Gasteiger partial charge in [-0.15, -0.1) is 0 Å². The second kappa shape index (κ2) is 6.38. The minimum absolute atomic E-state index is 0.0975. The second-order valence-electron chi connectivity index (χ2n) is 5.89. The molecule has 0 bridgehead atoms. The monoisotopic (exact) mass is 356 g/mol. The summed E-state index contributed by atoms with van der Waals surface area (Å²) >= 11 is 0. The molecule has 0 aliphatic rings. The van der Waals surface area contributed by atoms with Crippen LogP contribution in [0.25, 0.3) is 22.4 Å². The molecule has 3 aromatic rings. The van der Waals surface area contributed by atoms with Crippen molar-refractivity contribution in [2.75, 3.05) is 0 Å². The van der Waals surface area contributed by atoms with Gasteiger partial charge in [-0.1, -0.05) is 24.3 Å². The molecule has 0 spiro atoms. The number of nitrogens with zero attached hydrogens (tertiary/aromatic N) is 1. The molecule has 0 atom stereocenters. The van der Waals surface area contributed by atoms with E-state index in [9.17, 15) is 12.8 Å². The molecule has 1 aromatic heterocycles. The maximum Gasteiger partial charge on any atom is 0.238 e. The van der Waals surface area contributed by atoms with E-state index in [4.69, 9.17) is 5.14 Å². The minimum atomic E-state index is -3.93. The number of benzene rings is 2. The van der Waals surface area contributed by atoms with Gasteiger partial charge >= 0.3 is 0 Å². The Morgan fingerprint density at radius 2 is 1.72 bits per heavy atom. The van der Waals surface area contributed by atoms with E-state index >= 15 is 0 Å². The molecule has 0 radical (unpaired) electrons.